The lowest BCUT2D eigenvalue weighted by Crippen LogP contribution is -2.61. The van der Waals surface area contributed by atoms with Gasteiger partial charge in [-0.2, -0.15) is 0 Å². The highest BCUT2D eigenvalue weighted by atomic mass is 16.5. The minimum absolute atomic E-state index is 0.0732. The first-order valence-electron chi connectivity index (χ1n) is 7.06. The predicted molar refractivity (Wildman–Crippen MR) is 76.3 cm³/mol. The van der Waals surface area contributed by atoms with Crippen molar-refractivity contribution in [2.45, 2.75) is 59.0 Å². The summed E-state index contributed by atoms with van der Waals surface area (Å²) in [5.41, 5.74) is 3.46. The Labute approximate surface area is 112 Å². The Morgan fingerprint density at radius 1 is 1.17 bits per heavy atom. The van der Waals surface area contributed by atoms with Gasteiger partial charge < -0.3 is 4.74 Å². The number of nitrogens with two attached hydrogens (primary N) is 1. The number of hydrogen-bond donors (Lipinski definition) is 2. The van der Waals surface area contributed by atoms with Gasteiger partial charge in [-0.25, -0.2) is 0 Å². The van der Waals surface area contributed by atoms with Crippen LogP contribution in [0, 0.1) is 5.41 Å². The molecular formula is C14H31N3O. The molecule has 3 N–H and O–H groups in total. The molecule has 108 valence electrons. The molecule has 4 nitrogen and oxygen atoms in total. The van der Waals surface area contributed by atoms with Gasteiger partial charge in [-0.05, 0) is 32.1 Å². The summed E-state index contributed by atoms with van der Waals surface area (Å²) >= 11 is 0. The molecule has 0 aromatic carbocycles. The van der Waals surface area contributed by atoms with Gasteiger partial charge in [0.15, 0.2) is 0 Å². The Bertz CT molecular complexity index is 242. The zero-order valence-corrected chi connectivity index (χ0v) is 12.8. The maximum atomic E-state index is 5.79. The molecule has 1 unspecified atom stereocenters. The van der Waals surface area contributed by atoms with E-state index >= 15 is 0 Å². The normalized spacial score (nSPS) is 21.0. The molecule has 0 saturated carbocycles. The van der Waals surface area contributed by atoms with Crippen molar-refractivity contribution in [1.29, 1.82) is 0 Å². The number of ether oxygens (including phenoxy) is 1. The van der Waals surface area contributed by atoms with Crippen LogP contribution in [0.4, 0.5) is 0 Å². The van der Waals surface area contributed by atoms with Crippen molar-refractivity contribution in [3.8, 4) is 0 Å². The fourth-order valence-corrected chi connectivity index (χ4v) is 2.58. The first-order chi connectivity index (χ1) is 8.27. The van der Waals surface area contributed by atoms with Crippen molar-refractivity contribution < 1.29 is 4.74 Å². The van der Waals surface area contributed by atoms with Crippen LogP contribution in [0.1, 0.15) is 47.5 Å². The Morgan fingerprint density at radius 2 is 1.72 bits per heavy atom. The standard InChI is InChI=1S/C14H31N3O/c1-13(2,3)7-6-12(16-15)14(4,5)17-8-10-18-11-9-17/h12,16H,6-11,15H2,1-5H3. The molecule has 0 aliphatic carbocycles. The minimum Gasteiger partial charge on any atom is -0.379 e. The molecule has 1 aliphatic rings. The van der Waals surface area contributed by atoms with Gasteiger partial charge in [0.25, 0.3) is 0 Å². The van der Waals surface area contributed by atoms with Gasteiger partial charge in [-0.1, -0.05) is 20.8 Å². The van der Waals surface area contributed by atoms with Crippen LogP contribution in [0.15, 0.2) is 0 Å². The number of morpholine rings is 1. The summed E-state index contributed by atoms with van der Waals surface area (Å²) in [6.07, 6.45) is 2.28. The van der Waals surface area contributed by atoms with Crippen molar-refractivity contribution in [2.24, 2.45) is 11.3 Å². The fraction of sp³-hybridized carbons (Fsp3) is 1.00. The van der Waals surface area contributed by atoms with E-state index in [1.165, 1.54) is 6.42 Å². The molecule has 1 saturated heterocycles. The maximum absolute atomic E-state index is 5.79. The van der Waals surface area contributed by atoms with Gasteiger partial charge in [0.05, 0.1) is 13.2 Å². The molecule has 1 atom stereocenters. The van der Waals surface area contributed by atoms with E-state index in [9.17, 15) is 0 Å². The minimum atomic E-state index is 0.0732. The molecule has 0 spiro atoms. The monoisotopic (exact) mass is 257 g/mol. The Morgan fingerprint density at radius 3 is 2.17 bits per heavy atom. The summed E-state index contributed by atoms with van der Waals surface area (Å²) in [5.74, 6) is 5.79. The van der Waals surface area contributed by atoms with E-state index in [0.717, 1.165) is 32.7 Å². The van der Waals surface area contributed by atoms with Crippen LogP contribution in [0.2, 0.25) is 0 Å². The largest absolute Gasteiger partial charge is 0.379 e. The van der Waals surface area contributed by atoms with E-state index in [1.807, 2.05) is 0 Å². The molecule has 0 aromatic heterocycles. The number of hydrogen-bond acceptors (Lipinski definition) is 4. The van der Waals surface area contributed by atoms with E-state index in [1.54, 1.807) is 0 Å². The van der Waals surface area contributed by atoms with Crippen molar-refractivity contribution in [2.75, 3.05) is 26.3 Å². The van der Waals surface area contributed by atoms with Gasteiger partial charge in [-0.15, -0.1) is 0 Å². The van der Waals surface area contributed by atoms with E-state index < -0.39 is 0 Å². The van der Waals surface area contributed by atoms with Crippen LogP contribution >= 0.6 is 0 Å². The third kappa shape index (κ3) is 4.50. The molecule has 0 radical (unpaired) electrons. The van der Waals surface area contributed by atoms with Gasteiger partial charge in [0, 0.05) is 24.7 Å². The third-order valence-electron chi connectivity index (χ3n) is 4.06. The summed E-state index contributed by atoms with van der Waals surface area (Å²) in [6.45, 7) is 15.1. The van der Waals surface area contributed by atoms with Gasteiger partial charge in [0.2, 0.25) is 0 Å². The van der Waals surface area contributed by atoms with Gasteiger partial charge >= 0.3 is 0 Å². The molecular weight excluding hydrogens is 226 g/mol. The molecule has 1 heterocycles. The van der Waals surface area contributed by atoms with Crippen molar-refractivity contribution in [1.82, 2.24) is 10.3 Å². The zero-order chi connectivity index (χ0) is 13.8. The van der Waals surface area contributed by atoms with E-state index in [4.69, 9.17) is 10.6 Å². The summed E-state index contributed by atoms with van der Waals surface area (Å²) in [4.78, 5) is 2.49. The van der Waals surface area contributed by atoms with Crippen molar-refractivity contribution in [3.63, 3.8) is 0 Å². The Hall–Kier alpha value is -0.160. The zero-order valence-electron chi connectivity index (χ0n) is 12.8. The van der Waals surface area contributed by atoms with Gasteiger partial charge in [0.1, 0.15) is 0 Å². The fourth-order valence-electron chi connectivity index (χ4n) is 2.58. The van der Waals surface area contributed by atoms with Crippen molar-refractivity contribution in [3.05, 3.63) is 0 Å². The van der Waals surface area contributed by atoms with Crippen LogP contribution in [0.3, 0.4) is 0 Å². The summed E-state index contributed by atoms with van der Waals surface area (Å²) in [6, 6.07) is 0.315. The van der Waals surface area contributed by atoms with Crippen LogP contribution < -0.4 is 11.3 Å². The maximum Gasteiger partial charge on any atom is 0.0594 e. The van der Waals surface area contributed by atoms with Gasteiger partial charge in [-0.3, -0.25) is 16.2 Å². The molecule has 1 rings (SSSR count). The van der Waals surface area contributed by atoms with Crippen molar-refractivity contribution >= 4 is 0 Å². The van der Waals surface area contributed by atoms with E-state index in [-0.39, 0.29) is 5.54 Å². The molecule has 0 amide bonds. The molecule has 18 heavy (non-hydrogen) atoms. The average Bonchev–Trinajstić information content (AvgIpc) is 2.29. The highest BCUT2D eigenvalue weighted by molar-refractivity contribution is 4.94. The van der Waals surface area contributed by atoms with Crippen LogP contribution in [-0.2, 0) is 4.74 Å². The third-order valence-corrected chi connectivity index (χ3v) is 4.06. The molecule has 0 bridgehead atoms. The Kier molecular flexibility index (Phi) is 5.59. The smallest absolute Gasteiger partial charge is 0.0594 e. The molecule has 1 aliphatic heterocycles. The first-order valence-corrected chi connectivity index (χ1v) is 7.06. The highest BCUT2D eigenvalue weighted by Crippen LogP contribution is 2.28. The number of nitrogens with zero attached hydrogens (tertiary/aromatic N) is 1. The molecule has 0 aromatic rings. The number of rotatable bonds is 5. The summed E-state index contributed by atoms with van der Waals surface area (Å²) in [7, 11) is 0. The van der Waals surface area contributed by atoms with Crippen LogP contribution in [0.25, 0.3) is 0 Å². The quantitative estimate of drug-likeness (QED) is 0.582. The average molecular weight is 257 g/mol. The second-order valence-electron chi connectivity index (χ2n) is 7.07. The number of nitrogens with one attached hydrogen (secondary N) is 1. The van der Waals surface area contributed by atoms with Crippen LogP contribution in [-0.4, -0.2) is 42.8 Å². The molecule has 1 fully saturated rings. The van der Waals surface area contributed by atoms with Crippen LogP contribution in [0.5, 0.6) is 0 Å². The SMILES string of the molecule is CC(C)(C)CCC(NN)C(C)(C)N1CCOCC1. The lowest BCUT2D eigenvalue weighted by atomic mass is 9.82. The first kappa shape index (κ1) is 15.9. The second-order valence-corrected chi connectivity index (χ2v) is 7.07. The summed E-state index contributed by atoms with van der Waals surface area (Å²) in [5, 5.41) is 0. The Balaban J connectivity index is 2.60. The predicted octanol–water partition coefficient (Wildman–Crippen LogP) is 1.76. The second kappa shape index (κ2) is 6.33. The summed E-state index contributed by atoms with van der Waals surface area (Å²) < 4.78 is 5.43. The topological polar surface area (TPSA) is 50.5 Å². The van der Waals surface area contributed by atoms with E-state index in [2.05, 4.69) is 44.9 Å². The number of hydrazine groups is 1. The molecule has 4 heteroatoms. The highest BCUT2D eigenvalue weighted by Gasteiger charge is 2.35. The van der Waals surface area contributed by atoms with E-state index in [0.29, 0.717) is 11.5 Å². The lowest BCUT2D eigenvalue weighted by Gasteiger charge is -2.46. The lowest BCUT2D eigenvalue weighted by molar-refractivity contribution is -0.0255.